The van der Waals surface area contributed by atoms with Crippen molar-refractivity contribution in [2.24, 2.45) is 0 Å². The molecular weight excluding hydrogens is 250 g/mol. The Morgan fingerprint density at radius 2 is 2.05 bits per heavy atom. The van der Waals surface area contributed by atoms with Crippen molar-refractivity contribution in [2.45, 2.75) is 52.5 Å². The predicted octanol–water partition coefficient (Wildman–Crippen LogP) is 4.16. The first kappa shape index (κ1) is 14.7. The van der Waals surface area contributed by atoms with Crippen molar-refractivity contribution in [3.63, 3.8) is 0 Å². The minimum absolute atomic E-state index is 0.409. The molecule has 0 aliphatic heterocycles. The van der Waals surface area contributed by atoms with Gasteiger partial charge in [0.15, 0.2) is 0 Å². The molecule has 1 heterocycles. The minimum Gasteiger partial charge on any atom is -0.491 e. The molecule has 0 radical (unpaired) electrons. The number of nitrogens with two attached hydrogens (primary N) is 1. The van der Waals surface area contributed by atoms with E-state index in [2.05, 4.69) is 36.4 Å². The number of nitrogens with zero attached hydrogens (tertiary/aromatic N) is 2. The van der Waals surface area contributed by atoms with E-state index in [4.69, 9.17) is 10.5 Å². The van der Waals surface area contributed by atoms with E-state index in [1.165, 1.54) is 0 Å². The maximum Gasteiger partial charge on any atom is 0.201 e. The van der Waals surface area contributed by atoms with Crippen LogP contribution in [0.4, 0.5) is 5.95 Å². The number of para-hydroxylation sites is 1. The average molecular weight is 275 g/mol. The van der Waals surface area contributed by atoms with Crippen molar-refractivity contribution in [3.05, 3.63) is 18.2 Å². The molecule has 0 aliphatic rings. The van der Waals surface area contributed by atoms with Crippen LogP contribution in [0.15, 0.2) is 18.2 Å². The Labute approximate surface area is 120 Å². The Balaban J connectivity index is 2.48. The summed E-state index contributed by atoms with van der Waals surface area (Å²) in [5, 5.41) is 0. The zero-order valence-electron chi connectivity index (χ0n) is 12.7. The Bertz CT molecular complexity index is 562. The van der Waals surface area contributed by atoms with Crippen LogP contribution in [-0.4, -0.2) is 16.2 Å². The van der Waals surface area contributed by atoms with Crippen molar-refractivity contribution in [2.75, 3.05) is 12.3 Å². The van der Waals surface area contributed by atoms with Crippen molar-refractivity contribution in [1.82, 2.24) is 9.55 Å². The van der Waals surface area contributed by atoms with Crippen LogP contribution in [0.25, 0.3) is 11.0 Å². The van der Waals surface area contributed by atoms with Crippen molar-refractivity contribution in [1.29, 1.82) is 0 Å². The molecule has 0 saturated heterocycles. The molecule has 20 heavy (non-hydrogen) atoms. The lowest BCUT2D eigenvalue weighted by Crippen LogP contribution is -2.11. The fourth-order valence-electron chi connectivity index (χ4n) is 2.67. The van der Waals surface area contributed by atoms with Gasteiger partial charge in [0.05, 0.1) is 12.1 Å². The predicted molar refractivity (Wildman–Crippen MR) is 84.2 cm³/mol. The third-order valence-electron chi connectivity index (χ3n) is 3.63. The van der Waals surface area contributed by atoms with E-state index in [0.717, 1.165) is 42.5 Å². The van der Waals surface area contributed by atoms with Gasteiger partial charge in [0.25, 0.3) is 0 Å². The molecule has 110 valence electrons. The van der Waals surface area contributed by atoms with Gasteiger partial charge in [-0.1, -0.05) is 33.3 Å². The van der Waals surface area contributed by atoms with Crippen LogP contribution in [0, 0.1) is 0 Å². The fraction of sp³-hybridized carbons (Fsp3) is 0.562. The van der Waals surface area contributed by atoms with E-state index in [1.807, 2.05) is 12.1 Å². The number of ether oxygens (including phenoxy) is 1. The van der Waals surface area contributed by atoms with E-state index in [1.54, 1.807) is 0 Å². The summed E-state index contributed by atoms with van der Waals surface area (Å²) in [6.45, 7) is 7.20. The van der Waals surface area contributed by atoms with Gasteiger partial charge in [-0.25, -0.2) is 4.98 Å². The molecule has 0 spiro atoms. The second-order valence-corrected chi connectivity index (χ2v) is 5.16. The topological polar surface area (TPSA) is 53.1 Å². The largest absolute Gasteiger partial charge is 0.491 e. The molecule has 1 unspecified atom stereocenters. The summed E-state index contributed by atoms with van der Waals surface area (Å²) in [7, 11) is 0. The van der Waals surface area contributed by atoms with Crippen molar-refractivity contribution in [3.8, 4) is 5.75 Å². The Kier molecular flexibility index (Phi) is 4.88. The molecule has 0 bridgehead atoms. The average Bonchev–Trinajstić information content (AvgIpc) is 2.79. The first-order chi connectivity index (χ1) is 9.72. The second kappa shape index (κ2) is 6.64. The molecule has 0 amide bonds. The summed E-state index contributed by atoms with van der Waals surface area (Å²) >= 11 is 0. The molecule has 1 atom stereocenters. The highest BCUT2D eigenvalue weighted by molar-refractivity contribution is 5.84. The van der Waals surface area contributed by atoms with Crippen LogP contribution in [0.2, 0.25) is 0 Å². The zero-order chi connectivity index (χ0) is 14.5. The molecular formula is C16H25N3O. The van der Waals surface area contributed by atoms with Gasteiger partial charge < -0.3 is 15.0 Å². The lowest BCUT2D eigenvalue weighted by Gasteiger charge is -2.18. The van der Waals surface area contributed by atoms with Crippen LogP contribution in [-0.2, 0) is 0 Å². The SMILES string of the molecule is CCCOc1cccc2c1nc(N)n2C(CC)CCC. The monoisotopic (exact) mass is 275 g/mol. The number of hydrogen-bond acceptors (Lipinski definition) is 3. The number of nitrogen functional groups attached to an aromatic ring is 1. The van der Waals surface area contributed by atoms with E-state index in [0.29, 0.717) is 18.6 Å². The summed E-state index contributed by atoms with van der Waals surface area (Å²) in [5.41, 5.74) is 8.12. The minimum atomic E-state index is 0.409. The number of benzene rings is 1. The molecule has 2 rings (SSSR count). The van der Waals surface area contributed by atoms with Gasteiger partial charge in [-0.2, -0.15) is 0 Å². The molecule has 2 N–H and O–H groups in total. The number of anilines is 1. The molecule has 4 heteroatoms. The highest BCUT2D eigenvalue weighted by Crippen LogP contribution is 2.32. The van der Waals surface area contributed by atoms with E-state index in [9.17, 15) is 0 Å². The van der Waals surface area contributed by atoms with E-state index >= 15 is 0 Å². The maximum atomic E-state index is 6.15. The third-order valence-corrected chi connectivity index (χ3v) is 3.63. The highest BCUT2D eigenvalue weighted by Gasteiger charge is 2.17. The smallest absolute Gasteiger partial charge is 0.201 e. The number of imidazole rings is 1. The summed E-state index contributed by atoms with van der Waals surface area (Å²) < 4.78 is 7.94. The van der Waals surface area contributed by atoms with Gasteiger partial charge in [-0.05, 0) is 31.4 Å². The summed E-state index contributed by atoms with van der Waals surface area (Å²) in [6, 6.07) is 6.47. The Morgan fingerprint density at radius 1 is 1.25 bits per heavy atom. The van der Waals surface area contributed by atoms with E-state index < -0.39 is 0 Å². The van der Waals surface area contributed by atoms with Crippen LogP contribution < -0.4 is 10.5 Å². The van der Waals surface area contributed by atoms with E-state index in [-0.39, 0.29) is 0 Å². The standard InChI is InChI=1S/C16H25N3O/c1-4-8-12(6-3)19-13-9-7-10-14(20-11-5-2)15(13)18-16(19)17/h7,9-10,12H,4-6,8,11H2,1-3H3,(H2,17,18). The van der Waals surface area contributed by atoms with Crippen LogP contribution in [0.1, 0.15) is 52.5 Å². The number of hydrogen-bond donors (Lipinski definition) is 1. The molecule has 1 aromatic carbocycles. The molecule has 0 saturated carbocycles. The maximum absolute atomic E-state index is 6.15. The summed E-state index contributed by atoms with van der Waals surface area (Å²) in [5.74, 6) is 1.42. The fourth-order valence-corrected chi connectivity index (χ4v) is 2.67. The van der Waals surface area contributed by atoms with Crippen LogP contribution in [0.3, 0.4) is 0 Å². The van der Waals surface area contributed by atoms with Crippen LogP contribution in [0.5, 0.6) is 5.75 Å². The van der Waals surface area contributed by atoms with Gasteiger partial charge in [0, 0.05) is 6.04 Å². The molecule has 0 aliphatic carbocycles. The Hall–Kier alpha value is -1.71. The second-order valence-electron chi connectivity index (χ2n) is 5.16. The van der Waals surface area contributed by atoms with Crippen molar-refractivity contribution >= 4 is 17.0 Å². The lowest BCUT2D eigenvalue weighted by atomic mass is 10.1. The Morgan fingerprint density at radius 3 is 2.70 bits per heavy atom. The molecule has 0 fully saturated rings. The normalized spacial score (nSPS) is 12.8. The number of fused-ring (bicyclic) bond motifs is 1. The van der Waals surface area contributed by atoms with Gasteiger partial charge >= 0.3 is 0 Å². The molecule has 1 aromatic heterocycles. The lowest BCUT2D eigenvalue weighted by molar-refractivity contribution is 0.320. The third kappa shape index (κ3) is 2.74. The first-order valence-electron chi connectivity index (χ1n) is 7.62. The quantitative estimate of drug-likeness (QED) is 0.825. The van der Waals surface area contributed by atoms with Gasteiger partial charge in [0.1, 0.15) is 11.3 Å². The van der Waals surface area contributed by atoms with Gasteiger partial charge in [-0.3, -0.25) is 0 Å². The number of rotatable bonds is 7. The molecule has 4 nitrogen and oxygen atoms in total. The van der Waals surface area contributed by atoms with Gasteiger partial charge in [-0.15, -0.1) is 0 Å². The highest BCUT2D eigenvalue weighted by atomic mass is 16.5. The zero-order valence-corrected chi connectivity index (χ0v) is 12.7. The summed E-state index contributed by atoms with van der Waals surface area (Å²) in [6.07, 6.45) is 4.30. The van der Waals surface area contributed by atoms with Crippen molar-refractivity contribution < 1.29 is 4.74 Å². The summed E-state index contributed by atoms with van der Waals surface area (Å²) in [4.78, 5) is 4.53. The van der Waals surface area contributed by atoms with Gasteiger partial charge in [0.2, 0.25) is 5.95 Å². The van der Waals surface area contributed by atoms with Crippen LogP contribution >= 0.6 is 0 Å². The molecule has 2 aromatic rings. The number of aromatic nitrogens is 2. The first-order valence-corrected chi connectivity index (χ1v) is 7.62.